The SMILES string of the molecule is CC[C@@H](C)n1nc(OCc2cccc(C)c2)c(C#N)c1N. The minimum absolute atomic E-state index is 0.133. The van der Waals surface area contributed by atoms with Gasteiger partial charge in [-0.25, -0.2) is 4.68 Å². The van der Waals surface area contributed by atoms with Gasteiger partial charge in [-0.1, -0.05) is 36.8 Å². The molecule has 5 heteroatoms. The molecule has 0 bridgehead atoms. The lowest BCUT2D eigenvalue weighted by molar-refractivity contribution is 0.286. The van der Waals surface area contributed by atoms with Gasteiger partial charge in [-0.2, -0.15) is 5.26 Å². The smallest absolute Gasteiger partial charge is 0.253 e. The Bertz CT molecular complexity index is 669. The van der Waals surface area contributed by atoms with Gasteiger partial charge in [0.1, 0.15) is 18.5 Å². The summed E-state index contributed by atoms with van der Waals surface area (Å²) in [6.07, 6.45) is 0.883. The Morgan fingerprint density at radius 3 is 2.86 bits per heavy atom. The molecule has 5 nitrogen and oxygen atoms in total. The first-order valence-electron chi connectivity index (χ1n) is 7.03. The minimum atomic E-state index is 0.133. The van der Waals surface area contributed by atoms with E-state index in [9.17, 15) is 5.26 Å². The summed E-state index contributed by atoms with van der Waals surface area (Å²) in [6.45, 7) is 6.45. The molecule has 0 amide bonds. The second-order valence-corrected chi connectivity index (χ2v) is 5.16. The number of hydrogen-bond donors (Lipinski definition) is 1. The van der Waals surface area contributed by atoms with E-state index in [1.54, 1.807) is 4.68 Å². The highest BCUT2D eigenvalue weighted by Gasteiger charge is 2.19. The summed E-state index contributed by atoms with van der Waals surface area (Å²) in [6, 6.07) is 10.2. The zero-order valence-electron chi connectivity index (χ0n) is 12.6. The number of nitrogens with two attached hydrogens (primary N) is 1. The Morgan fingerprint density at radius 2 is 2.24 bits per heavy atom. The van der Waals surface area contributed by atoms with Crippen LogP contribution in [0.25, 0.3) is 0 Å². The molecule has 0 aliphatic carbocycles. The minimum Gasteiger partial charge on any atom is -0.471 e. The monoisotopic (exact) mass is 284 g/mol. The number of rotatable bonds is 5. The molecule has 0 aliphatic rings. The molecule has 2 aromatic rings. The van der Waals surface area contributed by atoms with Crippen LogP contribution in [0.15, 0.2) is 24.3 Å². The normalized spacial score (nSPS) is 11.9. The number of ether oxygens (including phenoxy) is 1. The molecule has 0 unspecified atom stereocenters. The van der Waals surface area contributed by atoms with Crippen molar-refractivity contribution in [3.63, 3.8) is 0 Å². The average Bonchev–Trinajstić information content (AvgIpc) is 2.80. The third kappa shape index (κ3) is 3.16. The van der Waals surface area contributed by atoms with E-state index in [2.05, 4.69) is 11.2 Å². The molecule has 1 aromatic carbocycles. The van der Waals surface area contributed by atoms with Crippen molar-refractivity contribution in [1.29, 1.82) is 5.26 Å². The number of anilines is 1. The molecule has 0 radical (unpaired) electrons. The van der Waals surface area contributed by atoms with Crippen molar-refractivity contribution < 1.29 is 4.74 Å². The molecule has 0 spiro atoms. The summed E-state index contributed by atoms with van der Waals surface area (Å²) in [5.41, 5.74) is 8.50. The third-order valence-corrected chi connectivity index (χ3v) is 3.49. The maximum absolute atomic E-state index is 9.25. The summed E-state index contributed by atoms with van der Waals surface area (Å²) < 4.78 is 7.35. The maximum Gasteiger partial charge on any atom is 0.253 e. The molecule has 2 N–H and O–H groups in total. The predicted molar refractivity (Wildman–Crippen MR) is 81.9 cm³/mol. The fourth-order valence-electron chi connectivity index (χ4n) is 2.09. The molecule has 0 fully saturated rings. The van der Waals surface area contributed by atoms with Gasteiger partial charge in [-0.05, 0) is 25.8 Å². The van der Waals surface area contributed by atoms with Gasteiger partial charge < -0.3 is 10.5 Å². The van der Waals surface area contributed by atoms with Gasteiger partial charge in [0.25, 0.3) is 5.88 Å². The molecule has 21 heavy (non-hydrogen) atoms. The van der Waals surface area contributed by atoms with E-state index in [-0.39, 0.29) is 6.04 Å². The predicted octanol–water partition coefficient (Wildman–Crippen LogP) is 3.20. The Labute approximate surface area is 124 Å². The molecule has 1 atom stereocenters. The number of nitriles is 1. The molecule has 0 aliphatic heterocycles. The van der Waals surface area contributed by atoms with Crippen molar-refractivity contribution in [2.75, 3.05) is 5.73 Å². The second-order valence-electron chi connectivity index (χ2n) is 5.16. The number of nitrogens with zero attached hydrogens (tertiary/aromatic N) is 3. The summed E-state index contributed by atoms with van der Waals surface area (Å²) in [5, 5.41) is 13.6. The first kappa shape index (κ1) is 14.9. The fourth-order valence-corrected chi connectivity index (χ4v) is 2.09. The summed E-state index contributed by atoms with van der Waals surface area (Å²) in [7, 11) is 0. The lowest BCUT2D eigenvalue weighted by Crippen LogP contribution is -2.09. The van der Waals surface area contributed by atoms with Crippen LogP contribution in [-0.4, -0.2) is 9.78 Å². The molecule has 0 saturated heterocycles. The standard InChI is InChI=1S/C16H20N4O/c1-4-12(3)20-15(18)14(9-17)16(19-20)21-10-13-7-5-6-11(2)8-13/h5-8,12H,4,10,18H2,1-3H3/t12-/m1/s1. The van der Waals surface area contributed by atoms with Crippen LogP contribution < -0.4 is 10.5 Å². The zero-order valence-corrected chi connectivity index (χ0v) is 12.6. The van der Waals surface area contributed by atoms with Gasteiger partial charge in [0, 0.05) is 0 Å². The van der Waals surface area contributed by atoms with E-state index in [0.29, 0.717) is 23.9 Å². The first-order valence-corrected chi connectivity index (χ1v) is 7.03. The van der Waals surface area contributed by atoms with Crippen LogP contribution in [0.2, 0.25) is 0 Å². The van der Waals surface area contributed by atoms with Gasteiger partial charge in [0.05, 0.1) is 6.04 Å². The Morgan fingerprint density at radius 1 is 1.48 bits per heavy atom. The zero-order chi connectivity index (χ0) is 15.4. The quantitative estimate of drug-likeness (QED) is 0.914. The summed E-state index contributed by atoms with van der Waals surface area (Å²) >= 11 is 0. The van der Waals surface area contributed by atoms with Crippen molar-refractivity contribution >= 4 is 5.82 Å². The Balaban J connectivity index is 2.22. The number of nitrogen functional groups attached to an aromatic ring is 1. The van der Waals surface area contributed by atoms with E-state index in [1.165, 1.54) is 5.56 Å². The highest BCUT2D eigenvalue weighted by Crippen LogP contribution is 2.27. The van der Waals surface area contributed by atoms with Crippen molar-refractivity contribution in [2.24, 2.45) is 0 Å². The van der Waals surface area contributed by atoms with E-state index >= 15 is 0 Å². The molecular weight excluding hydrogens is 264 g/mol. The topological polar surface area (TPSA) is 76.9 Å². The number of aromatic nitrogens is 2. The lowest BCUT2D eigenvalue weighted by atomic mass is 10.1. The number of aryl methyl sites for hydroxylation is 1. The molecule has 2 rings (SSSR count). The van der Waals surface area contributed by atoms with Gasteiger partial charge in [-0.15, -0.1) is 5.10 Å². The average molecular weight is 284 g/mol. The second kappa shape index (κ2) is 6.31. The molecule has 110 valence electrons. The van der Waals surface area contributed by atoms with Crippen molar-refractivity contribution in [3.8, 4) is 11.9 Å². The molecule has 1 aromatic heterocycles. The highest BCUT2D eigenvalue weighted by molar-refractivity contribution is 5.55. The lowest BCUT2D eigenvalue weighted by Gasteiger charge is -2.10. The van der Waals surface area contributed by atoms with Gasteiger partial charge in [0.15, 0.2) is 5.56 Å². The van der Waals surface area contributed by atoms with Crippen LogP contribution in [0.5, 0.6) is 5.88 Å². The van der Waals surface area contributed by atoms with Crippen LogP contribution >= 0.6 is 0 Å². The molecule has 1 heterocycles. The van der Waals surface area contributed by atoms with Crippen LogP contribution in [0.4, 0.5) is 5.82 Å². The van der Waals surface area contributed by atoms with Gasteiger partial charge >= 0.3 is 0 Å². The van der Waals surface area contributed by atoms with E-state index in [0.717, 1.165) is 12.0 Å². The van der Waals surface area contributed by atoms with Crippen LogP contribution in [0.3, 0.4) is 0 Å². The number of hydrogen-bond acceptors (Lipinski definition) is 4. The van der Waals surface area contributed by atoms with Crippen LogP contribution in [-0.2, 0) is 6.61 Å². The molecular formula is C16H20N4O. The third-order valence-electron chi connectivity index (χ3n) is 3.49. The maximum atomic E-state index is 9.25. The Kier molecular flexibility index (Phi) is 4.49. The highest BCUT2D eigenvalue weighted by atomic mass is 16.5. The van der Waals surface area contributed by atoms with Crippen molar-refractivity contribution in [2.45, 2.75) is 39.8 Å². The van der Waals surface area contributed by atoms with E-state index < -0.39 is 0 Å². The summed E-state index contributed by atoms with van der Waals surface area (Å²) in [5.74, 6) is 0.669. The van der Waals surface area contributed by atoms with Crippen molar-refractivity contribution in [1.82, 2.24) is 9.78 Å². The van der Waals surface area contributed by atoms with Gasteiger partial charge in [-0.3, -0.25) is 0 Å². The first-order chi connectivity index (χ1) is 10.1. The Hall–Kier alpha value is -2.48. The fraction of sp³-hybridized carbons (Fsp3) is 0.375. The number of benzene rings is 1. The van der Waals surface area contributed by atoms with Crippen molar-refractivity contribution in [3.05, 3.63) is 41.0 Å². The summed E-state index contributed by atoms with van der Waals surface area (Å²) in [4.78, 5) is 0. The largest absolute Gasteiger partial charge is 0.471 e. The molecule has 0 saturated carbocycles. The van der Waals surface area contributed by atoms with Gasteiger partial charge in [0.2, 0.25) is 0 Å². The van der Waals surface area contributed by atoms with Crippen LogP contribution in [0.1, 0.15) is 43.0 Å². The van der Waals surface area contributed by atoms with E-state index in [1.807, 2.05) is 45.0 Å². The van der Waals surface area contributed by atoms with E-state index in [4.69, 9.17) is 10.5 Å². The van der Waals surface area contributed by atoms with Crippen LogP contribution in [0, 0.1) is 18.3 Å².